The maximum Gasteiger partial charge on any atom is 0.251 e. The fourth-order valence-electron chi connectivity index (χ4n) is 1.45. The molecule has 0 aliphatic carbocycles. The van der Waals surface area contributed by atoms with Crippen LogP contribution in [0.25, 0.3) is 0 Å². The van der Waals surface area contributed by atoms with Gasteiger partial charge in [-0.1, -0.05) is 6.58 Å². The molecule has 1 atom stereocenters. The van der Waals surface area contributed by atoms with Crippen LogP contribution in [0, 0.1) is 0 Å². The average molecular weight is 139 g/mol. The predicted octanol–water partition coefficient (Wildman–Crippen LogP) is 0.131. The van der Waals surface area contributed by atoms with Crippen LogP contribution in [-0.2, 0) is 9.53 Å². The molecule has 0 aromatic carbocycles. The van der Waals surface area contributed by atoms with Crippen molar-refractivity contribution in [2.45, 2.75) is 12.5 Å². The van der Waals surface area contributed by atoms with Crippen LogP contribution < -0.4 is 0 Å². The molecule has 0 aromatic heterocycles. The third-order valence-electron chi connectivity index (χ3n) is 2.03. The van der Waals surface area contributed by atoms with Gasteiger partial charge in [-0.2, -0.15) is 0 Å². The Hall–Kier alpha value is -0.830. The molecule has 1 amide bonds. The molecule has 2 fully saturated rings. The molecule has 1 unspecified atom stereocenters. The highest BCUT2D eigenvalue weighted by Crippen LogP contribution is 2.26. The number of carbonyl (C=O) groups is 1. The number of rotatable bonds is 0. The van der Waals surface area contributed by atoms with Gasteiger partial charge in [-0.3, -0.25) is 4.79 Å². The molecule has 3 nitrogen and oxygen atoms in total. The molecule has 3 heteroatoms. The standard InChI is InChI=1S/C7H9NO2/c1-5-2-6-3-10-4-8(6)7(5)9/h6H,1-4H2. The van der Waals surface area contributed by atoms with Gasteiger partial charge < -0.3 is 9.64 Å². The Morgan fingerprint density at radius 3 is 3.20 bits per heavy atom. The smallest absolute Gasteiger partial charge is 0.251 e. The van der Waals surface area contributed by atoms with E-state index in [-0.39, 0.29) is 5.91 Å². The molecule has 10 heavy (non-hydrogen) atoms. The lowest BCUT2D eigenvalue weighted by Crippen LogP contribution is -2.27. The van der Waals surface area contributed by atoms with Gasteiger partial charge >= 0.3 is 0 Å². The first-order valence-corrected chi connectivity index (χ1v) is 3.35. The van der Waals surface area contributed by atoms with E-state index in [4.69, 9.17) is 4.74 Å². The minimum Gasteiger partial charge on any atom is -0.359 e. The summed E-state index contributed by atoms with van der Waals surface area (Å²) < 4.78 is 5.09. The van der Waals surface area contributed by atoms with Crippen LogP contribution in [0.5, 0.6) is 0 Å². The maximum atomic E-state index is 11.1. The Morgan fingerprint density at radius 2 is 2.50 bits per heavy atom. The van der Waals surface area contributed by atoms with Gasteiger partial charge in [-0.05, 0) is 0 Å². The van der Waals surface area contributed by atoms with Gasteiger partial charge in [-0.15, -0.1) is 0 Å². The van der Waals surface area contributed by atoms with E-state index in [9.17, 15) is 4.79 Å². The van der Waals surface area contributed by atoms with Crippen molar-refractivity contribution in [1.29, 1.82) is 0 Å². The van der Waals surface area contributed by atoms with Gasteiger partial charge in [-0.25, -0.2) is 0 Å². The molecule has 2 saturated heterocycles. The Labute approximate surface area is 59.3 Å². The molecular formula is C7H9NO2. The lowest BCUT2D eigenvalue weighted by molar-refractivity contribution is -0.126. The van der Waals surface area contributed by atoms with Crippen molar-refractivity contribution in [3.8, 4) is 0 Å². The van der Waals surface area contributed by atoms with Crippen molar-refractivity contribution < 1.29 is 9.53 Å². The average Bonchev–Trinajstić information content (AvgIpc) is 2.41. The van der Waals surface area contributed by atoms with Crippen molar-refractivity contribution >= 4 is 5.91 Å². The van der Waals surface area contributed by atoms with Crippen LogP contribution in [0.4, 0.5) is 0 Å². The second-order valence-corrected chi connectivity index (χ2v) is 2.74. The topological polar surface area (TPSA) is 29.5 Å². The number of amides is 1. The number of hydrogen-bond donors (Lipinski definition) is 0. The highest BCUT2D eigenvalue weighted by atomic mass is 16.5. The lowest BCUT2D eigenvalue weighted by Gasteiger charge is -2.09. The summed E-state index contributed by atoms with van der Waals surface area (Å²) in [5.41, 5.74) is 0.730. The van der Waals surface area contributed by atoms with Gasteiger partial charge in [0.15, 0.2) is 0 Å². The van der Waals surface area contributed by atoms with Gasteiger partial charge in [0.25, 0.3) is 5.91 Å². The van der Waals surface area contributed by atoms with Gasteiger partial charge in [0.2, 0.25) is 0 Å². The molecule has 0 radical (unpaired) electrons. The minimum atomic E-state index is 0.0718. The number of carbonyl (C=O) groups excluding carboxylic acids is 1. The fraction of sp³-hybridized carbons (Fsp3) is 0.571. The van der Waals surface area contributed by atoms with Crippen LogP contribution in [0.1, 0.15) is 6.42 Å². The number of ether oxygens (including phenoxy) is 1. The first-order chi connectivity index (χ1) is 4.79. The van der Waals surface area contributed by atoms with E-state index >= 15 is 0 Å². The maximum absolute atomic E-state index is 11.1. The summed E-state index contributed by atoms with van der Waals surface area (Å²) in [5.74, 6) is 0.0718. The molecule has 0 bridgehead atoms. The van der Waals surface area contributed by atoms with Crippen LogP contribution in [0.2, 0.25) is 0 Å². The first kappa shape index (κ1) is 5.92. The van der Waals surface area contributed by atoms with Crippen LogP contribution in [0.3, 0.4) is 0 Å². The van der Waals surface area contributed by atoms with Crippen LogP contribution in [-0.4, -0.2) is 30.2 Å². The highest BCUT2D eigenvalue weighted by molar-refractivity contribution is 5.95. The second kappa shape index (κ2) is 1.83. The largest absolute Gasteiger partial charge is 0.359 e. The number of nitrogens with zero attached hydrogens (tertiary/aromatic N) is 1. The summed E-state index contributed by atoms with van der Waals surface area (Å²) in [6, 6.07) is 0.292. The predicted molar refractivity (Wildman–Crippen MR) is 35.2 cm³/mol. The minimum absolute atomic E-state index is 0.0718. The molecule has 0 aromatic rings. The van der Waals surface area contributed by atoms with Crippen molar-refractivity contribution in [3.63, 3.8) is 0 Å². The van der Waals surface area contributed by atoms with Crippen molar-refractivity contribution in [2.75, 3.05) is 13.3 Å². The van der Waals surface area contributed by atoms with E-state index in [1.807, 2.05) is 0 Å². The van der Waals surface area contributed by atoms with E-state index < -0.39 is 0 Å². The van der Waals surface area contributed by atoms with Crippen LogP contribution in [0.15, 0.2) is 12.2 Å². The quantitative estimate of drug-likeness (QED) is 0.446. The molecule has 2 aliphatic rings. The number of hydrogen-bond acceptors (Lipinski definition) is 2. The SMILES string of the molecule is C=C1CC2COCN2C1=O. The molecule has 2 aliphatic heterocycles. The summed E-state index contributed by atoms with van der Waals surface area (Å²) in [6.45, 7) is 4.82. The van der Waals surface area contributed by atoms with E-state index in [1.165, 1.54) is 0 Å². The zero-order chi connectivity index (χ0) is 7.14. The zero-order valence-electron chi connectivity index (χ0n) is 5.67. The third kappa shape index (κ3) is 0.609. The molecule has 2 rings (SSSR count). The first-order valence-electron chi connectivity index (χ1n) is 3.35. The lowest BCUT2D eigenvalue weighted by atomic mass is 10.2. The Balaban J connectivity index is 2.24. The molecule has 0 saturated carbocycles. The molecule has 2 heterocycles. The summed E-state index contributed by atoms with van der Waals surface area (Å²) in [7, 11) is 0. The summed E-state index contributed by atoms with van der Waals surface area (Å²) in [6.07, 6.45) is 0.791. The second-order valence-electron chi connectivity index (χ2n) is 2.74. The van der Waals surface area contributed by atoms with E-state index in [0.29, 0.717) is 19.4 Å². The number of fused-ring (bicyclic) bond motifs is 1. The van der Waals surface area contributed by atoms with Crippen LogP contribution >= 0.6 is 0 Å². The molecular weight excluding hydrogens is 130 g/mol. The van der Waals surface area contributed by atoms with Gasteiger partial charge in [0.05, 0.1) is 12.6 Å². The van der Waals surface area contributed by atoms with Crippen molar-refractivity contribution in [1.82, 2.24) is 4.90 Å². The highest BCUT2D eigenvalue weighted by Gasteiger charge is 2.37. The normalized spacial score (nSPS) is 31.6. The Morgan fingerprint density at radius 1 is 1.70 bits per heavy atom. The fourth-order valence-corrected chi connectivity index (χ4v) is 1.45. The summed E-state index contributed by atoms with van der Waals surface area (Å²) >= 11 is 0. The monoisotopic (exact) mass is 139 g/mol. The van der Waals surface area contributed by atoms with Gasteiger partial charge in [0, 0.05) is 12.0 Å². The van der Waals surface area contributed by atoms with E-state index in [0.717, 1.165) is 12.0 Å². The van der Waals surface area contributed by atoms with E-state index in [1.54, 1.807) is 4.90 Å². The van der Waals surface area contributed by atoms with Crippen molar-refractivity contribution in [3.05, 3.63) is 12.2 Å². The Kier molecular flexibility index (Phi) is 1.08. The molecule has 0 N–H and O–H groups in total. The summed E-state index contributed by atoms with van der Waals surface area (Å²) in [4.78, 5) is 12.9. The van der Waals surface area contributed by atoms with Crippen molar-refractivity contribution in [2.24, 2.45) is 0 Å². The molecule has 0 spiro atoms. The zero-order valence-corrected chi connectivity index (χ0v) is 5.67. The van der Waals surface area contributed by atoms with E-state index in [2.05, 4.69) is 6.58 Å². The Bertz CT molecular complexity index is 200. The third-order valence-corrected chi connectivity index (χ3v) is 2.03. The van der Waals surface area contributed by atoms with Gasteiger partial charge in [0.1, 0.15) is 6.73 Å². The molecule has 54 valence electrons. The summed E-state index contributed by atoms with van der Waals surface area (Å²) in [5, 5.41) is 0.